The molecule has 0 saturated carbocycles. The molecule has 4 nitrogen and oxygen atoms in total. The van der Waals surface area contributed by atoms with Gasteiger partial charge in [0.1, 0.15) is 0 Å². The Hall–Kier alpha value is -2.69. The summed E-state index contributed by atoms with van der Waals surface area (Å²) < 4.78 is 0. The van der Waals surface area contributed by atoms with Gasteiger partial charge in [-0.1, -0.05) is 59.6 Å². The van der Waals surface area contributed by atoms with Crippen molar-refractivity contribution in [2.75, 3.05) is 42.5 Å². The smallest absolute Gasteiger partial charge is 0.242 e. The quantitative estimate of drug-likeness (QED) is 0.503. The first-order chi connectivity index (χ1) is 15.1. The number of piperazine rings is 1. The fraction of sp³-hybridized carbons (Fsp3) is 0.240. The van der Waals surface area contributed by atoms with Gasteiger partial charge < -0.3 is 14.7 Å². The predicted octanol–water partition coefficient (Wildman–Crippen LogP) is 5.35. The monoisotopic (exact) mass is 453 g/mol. The summed E-state index contributed by atoms with van der Waals surface area (Å²) in [6.45, 7) is 3.98. The second kappa shape index (κ2) is 10.1. The Balaban J connectivity index is 1.42. The van der Waals surface area contributed by atoms with Crippen LogP contribution in [0, 0.1) is 0 Å². The van der Waals surface area contributed by atoms with E-state index in [1.54, 1.807) is 0 Å². The number of rotatable bonds is 6. The molecule has 160 valence electrons. The minimum absolute atomic E-state index is 0.136. The number of halogens is 2. The first-order valence-corrected chi connectivity index (χ1v) is 11.2. The maximum atomic E-state index is 13.2. The first kappa shape index (κ1) is 21.5. The summed E-state index contributed by atoms with van der Waals surface area (Å²) in [5.41, 5.74) is 3.25. The molecule has 1 amide bonds. The van der Waals surface area contributed by atoms with Crippen LogP contribution in [-0.4, -0.2) is 43.5 Å². The van der Waals surface area contributed by atoms with E-state index in [2.05, 4.69) is 28.0 Å². The van der Waals surface area contributed by atoms with Crippen molar-refractivity contribution in [2.45, 2.75) is 6.54 Å². The lowest BCUT2D eigenvalue weighted by Crippen LogP contribution is -2.51. The van der Waals surface area contributed by atoms with Crippen molar-refractivity contribution in [3.63, 3.8) is 0 Å². The average molecular weight is 454 g/mol. The van der Waals surface area contributed by atoms with Crippen LogP contribution in [0.1, 0.15) is 5.56 Å². The van der Waals surface area contributed by atoms with E-state index in [1.807, 2.05) is 65.6 Å². The molecule has 1 fully saturated rings. The summed E-state index contributed by atoms with van der Waals surface area (Å²) in [6, 6.07) is 25.7. The largest absolute Gasteiger partial charge is 0.368 e. The highest BCUT2D eigenvalue weighted by Crippen LogP contribution is 2.22. The molecule has 1 aliphatic heterocycles. The highest BCUT2D eigenvalue weighted by molar-refractivity contribution is 6.31. The summed E-state index contributed by atoms with van der Waals surface area (Å²) in [7, 11) is 0. The standard InChI is InChI=1S/C25H25Cl2N3O/c26-21-9-11-23(12-10-21)30(18-20-5-2-1-3-6-20)19-25(31)29-15-13-28(14-16-29)24-8-4-7-22(27)17-24/h1-12,17H,13-16,18-19H2. The molecular formula is C25H25Cl2N3O. The van der Waals surface area contributed by atoms with E-state index >= 15 is 0 Å². The minimum Gasteiger partial charge on any atom is -0.368 e. The van der Waals surface area contributed by atoms with E-state index in [9.17, 15) is 4.79 Å². The van der Waals surface area contributed by atoms with E-state index < -0.39 is 0 Å². The molecular weight excluding hydrogens is 429 g/mol. The second-order valence-corrected chi connectivity index (χ2v) is 8.54. The molecule has 6 heteroatoms. The highest BCUT2D eigenvalue weighted by Gasteiger charge is 2.23. The van der Waals surface area contributed by atoms with Crippen LogP contribution >= 0.6 is 23.2 Å². The lowest BCUT2D eigenvalue weighted by atomic mass is 10.2. The molecule has 4 rings (SSSR count). The zero-order valence-electron chi connectivity index (χ0n) is 17.3. The number of nitrogens with zero attached hydrogens (tertiary/aromatic N) is 3. The molecule has 0 spiro atoms. The molecule has 0 radical (unpaired) electrons. The van der Waals surface area contributed by atoms with E-state index in [0.29, 0.717) is 31.2 Å². The summed E-state index contributed by atoms with van der Waals surface area (Å²) in [6.07, 6.45) is 0. The van der Waals surface area contributed by atoms with E-state index in [0.717, 1.165) is 35.1 Å². The summed E-state index contributed by atoms with van der Waals surface area (Å²) in [4.78, 5) is 19.5. The third kappa shape index (κ3) is 5.72. The molecule has 0 bridgehead atoms. The fourth-order valence-corrected chi connectivity index (χ4v) is 4.15. The summed E-state index contributed by atoms with van der Waals surface area (Å²) in [5, 5.41) is 1.42. The normalized spacial score (nSPS) is 13.9. The van der Waals surface area contributed by atoms with Gasteiger partial charge in [0, 0.05) is 54.1 Å². The number of hydrogen-bond donors (Lipinski definition) is 0. The van der Waals surface area contributed by atoms with Crippen LogP contribution in [0.4, 0.5) is 11.4 Å². The molecule has 0 N–H and O–H groups in total. The SMILES string of the molecule is O=C(CN(Cc1ccccc1)c1ccc(Cl)cc1)N1CCN(c2cccc(Cl)c2)CC1. The molecule has 1 saturated heterocycles. The molecule has 0 aromatic heterocycles. The Morgan fingerprint density at radius 2 is 1.52 bits per heavy atom. The molecule has 0 unspecified atom stereocenters. The molecule has 31 heavy (non-hydrogen) atoms. The Labute approximate surface area is 193 Å². The van der Waals surface area contributed by atoms with Crippen molar-refractivity contribution < 1.29 is 4.79 Å². The molecule has 1 aliphatic rings. The molecule has 0 aliphatic carbocycles. The van der Waals surface area contributed by atoms with Crippen molar-refractivity contribution in [1.82, 2.24) is 4.90 Å². The number of anilines is 2. The second-order valence-electron chi connectivity index (χ2n) is 7.67. The minimum atomic E-state index is 0.136. The van der Waals surface area contributed by atoms with Crippen LogP contribution in [0.25, 0.3) is 0 Å². The van der Waals surface area contributed by atoms with E-state index in [1.165, 1.54) is 0 Å². The van der Waals surface area contributed by atoms with Crippen LogP contribution in [0.3, 0.4) is 0 Å². The first-order valence-electron chi connectivity index (χ1n) is 10.4. The van der Waals surface area contributed by atoms with Gasteiger partial charge in [-0.25, -0.2) is 0 Å². The topological polar surface area (TPSA) is 26.8 Å². The van der Waals surface area contributed by atoms with Crippen LogP contribution in [-0.2, 0) is 11.3 Å². The molecule has 3 aromatic rings. The van der Waals surface area contributed by atoms with Crippen LogP contribution in [0.2, 0.25) is 10.0 Å². The van der Waals surface area contributed by atoms with Crippen LogP contribution in [0.5, 0.6) is 0 Å². The number of hydrogen-bond acceptors (Lipinski definition) is 3. The predicted molar refractivity (Wildman–Crippen MR) is 129 cm³/mol. The zero-order valence-corrected chi connectivity index (χ0v) is 18.8. The van der Waals surface area contributed by atoms with Gasteiger partial charge in [-0.15, -0.1) is 0 Å². The van der Waals surface area contributed by atoms with E-state index in [-0.39, 0.29) is 5.91 Å². The Kier molecular flexibility index (Phi) is 7.00. The number of carbonyl (C=O) groups excluding carboxylic acids is 1. The molecule has 1 heterocycles. The van der Waals surface area contributed by atoms with Gasteiger partial charge in [0.05, 0.1) is 6.54 Å². The maximum Gasteiger partial charge on any atom is 0.242 e. The lowest BCUT2D eigenvalue weighted by Gasteiger charge is -2.37. The summed E-state index contributed by atoms with van der Waals surface area (Å²) in [5.74, 6) is 0.136. The number of benzene rings is 3. The highest BCUT2D eigenvalue weighted by atomic mass is 35.5. The number of amides is 1. The van der Waals surface area contributed by atoms with Crippen LogP contribution < -0.4 is 9.80 Å². The Morgan fingerprint density at radius 3 is 2.19 bits per heavy atom. The van der Waals surface area contributed by atoms with Gasteiger partial charge in [0.15, 0.2) is 0 Å². The van der Waals surface area contributed by atoms with Crippen molar-refractivity contribution in [3.05, 3.63) is 94.5 Å². The Bertz CT molecular complexity index is 1000. The average Bonchev–Trinajstić information content (AvgIpc) is 2.80. The third-order valence-corrected chi connectivity index (χ3v) is 6.03. The maximum absolute atomic E-state index is 13.2. The zero-order chi connectivity index (χ0) is 21.6. The molecule has 0 atom stereocenters. The molecule has 3 aromatic carbocycles. The van der Waals surface area contributed by atoms with Crippen LogP contribution in [0.15, 0.2) is 78.9 Å². The van der Waals surface area contributed by atoms with Gasteiger partial charge in [-0.3, -0.25) is 4.79 Å². The van der Waals surface area contributed by atoms with Crippen molar-refractivity contribution in [3.8, 4) is 0 Å². The van der Waals surface area contributed by atoms with Crippen molar-refractivity contribution in [1.29, 1.82) is 0 Å². The van der Waals surface area contributed by atoms with Gasteiger partial charge in [0.2, 0.25) is 5.91 Å². The number of carbonyl (C=O) groups is 1. The third-order valence-electron chi connectivity index (χ3n) is 5.54. The van der Waals surface area contributed by atoms with E-state index in [4.69, 9.17) is 23.2 Å². The van der Waals surface area contributed by atoms with Gasteiger partial charge in [-0.2, -0.15) is 0 Å². The Morgan fingerprint density at radius 1 is 0.806 bits per heavy atom. The van der Waals surface area contributed by atoms with Crippen molar-refractivity contribution >= 4 is 40.5 Å². The van der Waals surface area contributed by atoms with Crippen molar-refractivity contribution in [2.24, 2.45) is 0 Å². The van der Waals surface area contributed by atoms with Gasteiger partial charge in [-0.05, 0) is 48.0 Å². The van der Waals surface area contributed by atoms with Gasteiger partial charge in [0.25, 0.3) is 0 Å². The fourth-order valence-electron chi connectivity index (χ4n) is 3.84. The van der Waals surface area contributed by atoms with Gasteiger partial charge >= 0.3 is 0 Å². The lowest BCUT2D eigenvalue weighted by molar-refractivity contribution is -0.130. The summed E-state index contributed by atoms with van der Waals surface area (Å²) >= 11 is 12.2.